The van der Waals surface area contributed by atoms with Gasteiger partial charge >= 0.3 is 5.97 Å². The highest BCUT2D eigenvalue weighted by Crippen LogP contribution is 2.20. The minimum absolute atomic E-state index is 0.0242. The zero-order chi connectivity index (χ0) is 15.6. The Bertz CT molecular complexity index is 756. The molecule has 2 aromatic rings. The molecule has 0 atom stereocenters. The highest BCUT2D eigenvalue weighted by molar-refractivity contribution is 9.10. The maximum Gasteiger partial charge on any atom is 0.355 e. The Hall–Kier alpha value is -1.29. The number of aromatic nitrogens is 1. The third kappa shape index (κ3) is 3.67. The fourth-order valence-corrected chi connectivity index (χ4v) is 3.84. The van der Waals surface area contributed by atoms with Crippen molar-refractivity contribution < 1.29 is 18.3 Å². The van der Waals surface area contributed by atoms with Crippen LogP contribution in [0.4, 0.5) is 0 Å². The highest BCUT2D eigenvalue weighted by Gasteiger charge is 2.22. The SMILES string of the molecule is CN(Cc1nc(C(=O)O)cs1)S(=O)(=O)c1ccc(Br)cc1. The Morgan fingerprint density at radius 2 is 2.00 bits per heavy atom. The second kappa shape index (κ2) is 6.22. The van der Waals surface area contributed by atoms with Crippen molar-refractivity contribution in [2.45, 2.75) is 11.4 Å². The van der Waals surface area contributed by atoms with Gasteiger partial charge in [0.15, 0.2) is 5.69 Å². The third-order valence-corrected chi connectivity index (χ3v) is 5.83. The number of benzene rings is 1. The smallest absolute Gasteiger partial charge is 0.355 e. The van der Waals surface area contributed by atoms with E-state index in [2.05, 4.69) is 20.9 Å². The zero-order valence-corrected chi connectivity index (χ0v) is 14.1. The van der Waals surface area contributed by atoms with Crippen LogP contribution in [0.15, 0.2) is 39.0 Å². The Balaban J connectivity index is 2.19. The van der Waals surface area contributed by atoms with E-state index in [1.807, 2.05) is 0 Å². The highest BCUT2D eigenvalue weighted by atomic mass is 79.9. The molecule has 2 rings (SSSR count). The summed E-state index contributed by atoms with van der Waals surface area (Å²) in [4.78, 5) is 14.8. The quantitative estimate of drug-likeness (QED) is 0.846. The number of carboxylic acids is 1. The molecule has 0 saturated carbocycles. The number of carboxylic acid groups (broad SMARTS) is 1. The molecule has 0 fully saturated rings. The van der Waals surface area contributed by atoms with Gasteiger partial charge in [-0.1, -0.05) is 15.9 Å². The number of sulfonamides is 1. The lowest BCUT2D eigenvalue weighted by molar-refractivity contribution is 0.0691. The lowest BCUT2D eigenvalue weighted by Crippen LogP contribution is -2.26. The number of thiazole rings is 1. The van der Waals surface area contributed by atoms with E-state index in [4.69, 9.17) is 5.11 Å². The summed E-state index contributed by atoms with van der Waals surface area (Å²) >= 11 is 4.36. The minimum Gasteiger partial charge on any atom is -0.476 e. The normalized spacial score (nSPS) is 11.8. The molecule has 0 aliphatic heterocycles. The monoisotopic (exact) mass is 390 g/mol. The first kappa shape index (κ1) is 16.1. The van der Waals surface area contributed by atoms with Gasteiger partial charge in [0.05, 0.1) is 11.4 Å². The molecule has 1 aromatic carbocycles. The van der Waals surface area contributed by atoms with Crippen molar-refractivity contribution in [2.24, 2.45) is 0 Å². The number of hydrogen-bond donors (Lipinski definition) is 1. The molecule has 1 N–H and O–H groups in total. The van der Waals surface area contributed by atoms with E-state index in [-0.39, 0.29) is 17.1 Å². The Morgan fingerprint density at radius 3 is 2.52 bits per heavy atom. The van der Waals surface area contributed by atoms with Crippen molar-refractivity contribution in [3.63, 3.8) is 0 Å². The minimum atomic E-state index is -3.63. The summed E-state index contributed by atoms with van der Waals surface area (Å²) in [5.41, 5.74) is -0.0792. The molecule has 6 nitrogen and oxygen atoms in total. The van der Waals surface area contributed by atoms with Crippen molar-refractivity contribution in [1.29, 1.82) is 0 Å². The molecule has 21 heavy (non-hydrogen) atoms. The van der Waals surface area contributed by atoms with Gasteiger partial charge in [-0.2, -0.15) is 4.31 Å². The van der Waals surface area contributed by atoms with Crippen molar-refractivity contribution >= 4 is 43.3 Å². The van der Waals surface area contributed by atoms with Crippen LogP contribution in [0.25, 0.3) is 0 Å². The van der Waals surface area contributed by atoms with Crippen LogP contribution < -0.4 is 0 Å². The van der Waals surface area contributed by atoms with Crippen LogP contribution in [0.3, 0.4) is 0 Å². The van der Waals surface area contributed by atoms with Gasteiger partial charge in [0.25, 0.3) is 0 Å². The summed E-state index contributed by atoms with van der Waals surface area (Å²) < 4.78 is 26.6. The fraction of sp³-hybridized carbons (Fsp3) is 0.167. The Morgan fingerprint density at radius 1 is 1.38 bits per heavy atom. The fourth-order valence-electron chi connectivity index (χ4n) is 1.54. The molecule has 0 radical (unpaired) electrons. The molecular weight excluding hydrogens is 380 g/mol. The number of carbonyl (C=O) groups is 1. The summed E-state index contributed by atoms with van der Waals surface area (Å²) in [7, 11) is -2.20. The van der Waals surface area contributed by atoms with E-state index in [0.29, 0.717) is 5.01 Å². The van der Waals surface area contributed by atoms with E-state index >= 15 is 0 Å². The van der Waals surface area contributed by atoms with E-state index in [1.165, 1.54) is 24.6 Å². The summed E-state index contributed by atoms with van der Waals surface area (Å²) in [6.45, 7) is 0.0242. The molecule has 0 unspecified atom stereocenters. The van der Waals surface area contributed by atoms with Crippen molar-refractivity contribution in [3.05, 3.63) is 44.8 Å². The maximum absolute atomic E-state index is 12.4. The topological polar surface area (TPSA) is 87.6 Å². The predicted molar refractivity (Wildman–Crippen MR) is 81.9 cm³/mol. The van der Waals surface area contributed by atoms with Gasteiger partial charge in [0, 0.05) is 16.9 Å². The van der Waals surface area contributed by atoms with Gasteiger partial charge in [0.2, 0.25) is 10.0 Å². The van der Waals surface area contributed by atoms with Crippen molar-refractivity contribution in [3.8, 4) is 0 Å². The van der Waals surface area contributed by atoms with Crippen LogP contribution in [-0.2, 0) is 16.6 Å². The van der Waals surface area contributed by atoms with Crippen LogP contribution in [-0.4, -0.2) is 35.8 Å². The van der Waals surface area contributed by atoms with Gasteiger partial charge in [-0.25, -0.2) is 18.2 Å². The molecule has 0 bridgehead atoms. The molecule has 9 heteroatoms. The summed E-state index contributed by atoms with van der Waals surface area (Å²) in [6.07, 6.45) is 0. The molecular formula is C12H11BrN2O4S2. The number of halogens is 1. The van der Waals surface area contributed by atoms with Gasteiger partial charge in [0.1, 0.15) is 5.01 Å². The van der Waals surface area contributed by atoms with Gasteiger partial charge in [-0.05, 0) is 24.3 Å². The molecule has 1 heterocycles. The molecule has 0 spiro atoms. The molecule has 0 aliphatic carbocycles. The molecule has 1 aromatic heterocycles. The Labute approximate surface area is 134 Å². The van der Waals surface area contributed by atoms with Crippen LogP contribution in [0.5, 0.6) is 0 Å². The van der Waals surface area contributed by atoms with Crippen LogP contribution >= 0.6 is 27.3 Å². The van der Waals surface area contributed by atoms with Crippen LogP contribution in [0.2, 0.25) is 0 Å². The van der Waals surface area contributed by atoms with Crippen LogP contribution in [0.1, 0.15) is 15.5 Å². The molecule has 0 saturated heterocycles. The molecule has 0 amide bonds. The lowest BCUT2D eigenvalue weighted by Gasteiger charge is -2.15. The van der Waals surface area contributed by atoms with Crippen LogP contribution in [0, 0.1) is 0 Å². The largest absolute Gasteiger partial charge is 0.476 e. The maximum atomic E-state index is 12.4. The summed E-state index contributed by atoms with van der Waals surface area (Å²) in [6, 6.07) is 6.29. The second-order valence-corrected chi connectivity index (χ2v) is 8.05. The second-order valence-electron chi connectivity index (χ2n) is 4.15. The zero-order valence-electron chi connectivity index (χ0n) is 10.9. The van der Waals surface area contributed by atoms with Gasteiger partial charge in [-0.3, -0.25) is 0 Å². The number of aromatic carboxylic acids is 1. The predicted octanol–water partition coefficient (Wildman–Crippen LogP) is 2.42. The number of hydrogen-bond acceptors (Lipinski definition) is 5. The summed E-state index contributed by atoms with van der Waals surface area (Å²) in [5, 5.41) is 10.6. The van der Waals surface area contributed by atoms with Crippen molar-refractivity contribution in [2.75, 3.05) is 7.05 Å². The number of rotatable bonds is 5. The van der Waals surface area contributed by atoms with E-state index in [1.54, 1.807) is 12.1 Å². The van der Waals surface area contributed by atoms with Gasteiger partial charge in [-0.15, -0.1) is 11.3 Å². The van der Waals surface area contributed by atoms with E-state index < -0.39 is 16.0 Å². The molecule has 0 aliphatic rings. The summed E-state index contributed by atoms with van der Waals surface area (Å²) in [5.74, 6) is -1.13. The van der Waals surface area contributed by atoms with E-state index in [9.17, 15) is 13.2 Å². The first-order chi connectivity index (χ1) is 9.80. The first-order valence-electron chi connectivity index (χ1n) is 5.70. The first-order valence-corrected chi connectivity index (χ1v) is 8.81. The average molecular weight is 391 g/mol. The van der Waals surface area contributed by atoms with E-state index in [0.717, 1.165) is 20.1 Å². The average Bonchev–Trinajstić information content (AvgIpc) is 2.88. The lowest BCUT2D eigenvalue weighted by atomic mass is 10.4. The number of nitrogens with zero attached hydrogens (tertiary/aromatic N) is 2. The third-order valence-electron chi connectivity index (χ3n) is 2.65. The standard InChI is InChI=1S/C12H11BrN2O4S2/c1-15(6-11-14-10(7-20-11)12(16)17)21(18,19)9-4-2-8(13)3-5-9/h2-5,7H,6H2,1H3,(H,16,17). The molecule has 112 valence electrons. The van der Waals surface area contributed by atoms with Crippen molar-refractivity contribution in [1.82, 2.24) is 9.29 Å². The Kier molecular flexibility index (Phi) is 4.77. The van der Waals surface area contributed by atoms with Gasteiger partial charge < -0.3 is 5.11 Å².